The maximum atomic E-state index is 13.0. The van der Waals surface area contributed by atoms with Crippen molar-refractivity contribution < 1.29 is 8.78 Å². The third-order valence-corrected chi connectivity index (χ3v) is 3.42. The Morgan fingerprint density at radius 1 is 1.45 bits per heavy atom. The molecule has 1 fully saturated rings. The maximum absolute atomic E-state index is 13.0. The van der Waals surface area contributed by atoms with Gasteiger partial charge in [0.05, 0.1) is 0 Å². The molecule has 0 N–H and O–H groups in total. The molecule has 1 aliphatic rings. The van der Waals surface area contributed by atoms with Crippen LogP contribution in [0, 0.1) is 11.8 Å². The molecular weight excluding hydrogens is 214 g/mol. The van der Waals surface area contributed by atoms with E-state index in [4.69, 9.17) is 0 Å². The van der Waals surface area contributed by atoms with Crippen LogP contribution in [0.5, 0.6) is 0 Å². The van der Waals surface area contributed by atoms with Gasteiger partial charge in [-0.25, -0.2) is 8.78 Å². The quantitative estimate of drug-likeness (QED) is 0.602. The monoisotopic (exact) mass is 226 g/mol. The van der Waals surface area contributed by atoms with Crippen LogP contribution < -0.4 is 0 Å². The normalized spacial score (nSPS) is 37.1. The van der Waals surface area contributed by atoms with Crippen molar-refractivity contribution in [1.29, 1.82) is 0 Å². The minimum Gasteiger partial charge on any atom is -0.207 e. The van der Waals surface area contributed by atoms with Gasteiger partial charge in [-0.2, -0.15) is 0 Å². The lowest BCUT2D eigenvalue weighted by Gasteiger charge is -2.33. The zero-order valence-electron chi connectivity index (χ0n) is 6.62. The number of hydrogen-bond acceptors (Lipinski definition) is 0. The molecule has 0 saturated heterocycles. The standard InChI is InChI=1S/C8H13BrF2/c1-6-2-3-7(5-9)4-8(6,10)11/h6-7H,2-5H2,1H3. The SMILES string of the molecule is CC1CCC(CBr)CC1(F)F. The van der Waals surface area contributed by atoms with Crippen LogP contribution in [-0.2, 0) is 0 Å². The molecule has 0 bridgehead atoms. The summed E-state index contributed by atoms with van der Waals surface area (Å²) in [5.41, 5.74) is 0. The highest BCUT2D eigenvalue weighted by atomic mass is 79.9. The summed E-state index contributed by atoms with van der Waals surface area (Å²) in [5.74, 6) is -2.66. The van der Waals surface area contributed by atoms with E-state index in [0.29, 0.717) is 6.42 Å². The lowest BCUT2D eigenvalue weighted by molar-refractivity contribution is -0.0919. The summed E-state index contributed by atoms with van der Waals surface area (Å²) in [5, 5.41) is 0.718. The number of halogens is 3. The van der Waals surface area contributed by atoms with Gasteiger partial charge in [-0.05, 0) is 18.8 Å². The maximum Gasteiger partial charge on any atom is 0.250 e. The second-order valence-corrected chi connectivity index (χ2v) is 4.11. The Bertz CT molecular complexity index is 136. The molecule has 3 heteroatoms. The van der Waals surface area contributed by atoms with Crippen LogP contribution in [-0.4, -0.2) is 11.3 Å². The molecular formula is C8H13BrF2. The summed E-state index contributed by atoms with van der Waals surface area (Å²) in [6, 6.07) is 0. The predicted molar refractivity (Wildman–Crippen MR) is 45.2 cm³/mol. The van der Waals surface area contributed by atoms with Crippen LogP contribution in [0.25, 0.3) is 0 Å². The zero-order valence-corrected chi connectivity index (χ0v) is 8.20. The van der Waals surface area contributed by atoms with E-state index in [9.17, 15) is 8.78 Å². The Hall–Kier alpha value is 0.340. The molecule has 66 valence electrons. The van der Waals surface area contributed by atoms with E-state index in [-0.39, 0.29) is 12.3 Å². The van der Waals surface area contributed by atoms with E-state index in [1.54, 1.807) is 6.92 Å². The molecule has 0 aliphatic heterocycles. The number of alkyl halides is 3. The highest BCUT2D eigenvalue weighted by molar-refractivity contribution is 9.09. The fourth-order valence-corrected chi connectivity index (χ4v) is 2.07. The molecule has 11 heavy (non-hydrogen) atoms. The first-order valence-electron chi connectivity index (χ1n) is 4.00. The van der Waals surface area contributed by atoms with Crippen molar-refractivity contribution in [2.75, 3.05) is 5.33 Å². The average Bonchev–Trinajstić information content (AvgIpc) is 1.95. The van der Waals surface area contributed by atoms with Gasteiger partial charge in [0.1, 0.15) is 0 Å². The van der Waals surface area contributed by atoms with Gasteiger partial charge in [0.25, 0.3) is 5.92 Å². The molecule has 1 rings (SSSR count). The molecule has 2 atom stereocenters. The lowest BCUT2D eigenvalue weighted by atomic mass is 9.81. The molecule has 0 aromatic heterocycles. The van der Waals surface area contributed by atoms with E-state index >= 15 is 0 Å². The Labute approximate surface area is 74.5 Å². The second kappa shape index (κ2) is 3.38. The smallest absolute Gasteiger partial charge is 0.207 e. The first kappa shape index (κ1) is 9.43. The fourth-order valence-electron chi connectivity index (χ4n) is 1.52. The van der Waals surface area contributed by atoms with Crippen LogP contribution in [0.2, 0.25) is 0 Å². The van der Waals surface area contributed by atoms with Gasteiger partial charge in [0.15, 0.2) is 0 Å². The van der Waals surface area contributed by atoms with Crippen LogP contribution in [0.15, 0.2) is 0 Å². The van der Waals surface area contributed by atoms with E-state index in [1.165, 1.54) is 0 Å². The Balaban J connectivity index is 2.52. The topological polar surface area (TPSA) is 0 Å². The predicted octanol–water partition coefficient (Wildman–Crippen LogP) is 3.45. The largest absolute Gasteiger partial charge is 0.250 e. The molecule has 0 spiro atoms. The summed E-state index contributed by atoms with van der Waals surface area (Å²) in [6.45, 7) is 1.64. The lowest BCUT2D eigenvalue weighted by Crippen LogP contribution is -2.34. The summed E-state index contributed by atoms with van der Waals surface area (Å²) in [4.78, 5) is 0. The van der Waals surface area contributed by atoms with Crippen molar-refractivity contribution >= 4 is 15.9 Å². The summed E-state index contributed by atoms with van der Waals surface area (Å²) in [7, 11) is 0. The van der Waals surface area contributed by atoms with Crippen LogP contribution in [0.1, 0.15) is 26.2 Å². The van der Waals surface area contributed by atoms with E-state index in [2.05, 4.69) is 15.9 Å². The van der Waals surface area contributed by atoms with Crippen molar-refractivity contribution in [3.05, 3.63) is 0 Å². The fraction of sp³-hybridized carbons (Fsp3) is 1.00. The Morgan fingerprint density at radius 3 is 2.55 bits per heavy atom. The highest BCUT2D eigenvalue weighted by Crippen LogP contribution is 2.41. The van der Waals surface area contributed by atoms with Gasteiger partial charge in [-0.15, -0.1) is 0 Å². The number of hydrogen-bond donors (Lipinski definition) is 0. The zero-order chi connectivity index (χ0) is 8.48. The highest BCUT2D eigenvalue weighted by Gasteiger charge is 2.41. The molecule has 0 aromatic rings. The molecule has 0 nitrogen and oxygen atoms in total. The second-order valence-electron chi connectivity index (χ2n) is 3.46. The van der Waals surface area contributed by atoms with Gasteiger partial charge in [-0.3, -0.25) is 0 Å². The molecule has 0 radical (unpaired) electrons. The minimum atomic E-state index is -2.42. The summed E-state index contributed by atoms with van der Waals surface area (Å²) in [6.07, 6.45) is 1.69. The van der Waals surface area contributed by atoms with Gasteiger partial charge < -0.3 is 0 Å². The average molecular weight is 227 g/mol. The minimum absolute atomic E-state index is 0.0689. The molecule has 0 amide bonds. The van der Waals surface area contributed by atoms with Crippen molar-refractivity contribution in [3.8, 4) is 0 Å². The van der Waals surface area contributed by atoms with Crippen molar-refractivity contribution in [2.24, 2.45) is 11.8 Å². The van der Waals surface area contributed by atoms with Gasteiger partial charge >= 0.3 is 0 Å². The summed E-state index contributed by atoms with van der Waals surface area (Å²) < 4.78 is 26.0. The van der Waals surface area contributed by atoms with Gasteiger partial charge in [-0.1, -0.05) is 22.9 Å². The number of rotatable bonds is 1. The third-order valence-electron chi connectivity index (χ3n) is 2.51. The first-order valence-corrected chi connectivity index (χ1v) is 5.12. The van der Waals surface area contributed by atoms with Crippen LogP contribution in [0.4, 0.5) is 8.78 Å². The van der Waals surface area contributed by atoms with Crippen molar-refractivity contribution in [2.45, 2.75) is 32.1 Å². The molecule has 1 saturated carbocycles. The van der Waals surface area contributed by atoms with E-state index < -0.39 is 11.8 Å². The third kappa shape index (κ3) is 2.14. The van der Waals surface area contributed by atoms with Gasteiger partial charge in [0.2, 0.25) is 0 Å². The van der Waals surface area contributed by atoms with E-state index in [1.807, 2.05) is 0 Å². The van der Waals surface area contributed by atoms with Crippen LogP contribution >= 0.6 is 15.9 Å². The molecule has 2 unspecified atom stereocenters. The Morgan fingerprint density at radius 2 is 2.09 bits per heavy atom. The first-order chi connectivity index (χ1) is 5.06. The summed E-state index contributed by atoms with van der Waals surface area (Å²) >= 11 is 3.25. The van der Waals surface area contributed by atoms with Crippen LogP contribution in [0.3, 0.4) is 0 Å². The van der Waals surface area contributed by atoms with Gasteiger partial charge in [0, 0.05) is 17.7 Å². The van der Waals surface area contributed by atoms with E-state index in [0.717, 1.165) is 11.8 Å². The molecule has 0 aromatic carbocycles. The van der Waals surface area contributed by atoms with Crippen molar-refractivity contribution in [1.82, 2.24) is 0 Å². The van der Waals surface area contributed by atoms with Crippen molar-refractivity contribution in [3.63, 3.8) is 0 Å². The Kier molecular flexibility index (Phi) is 2.90. The molecule has 1 aliphatic carbocycles. The molecule has 0 heterocycles.